The van der Waals surface area contributed by atoms with Crippen molar-refractivity contribution >= 4 is 5.91 Å². The SMILES string of the molecule is CCCN(Cc1cc(-c2ccc(F)cc2)on1)C(=O)CC(C)C. The zero-order valence-corrected chi connectivity index (χ0v) is 13.9. The van der Waals surface area contributed by atoms with Crippen LogP contribution in [-0.2, 0) is 11.3 Å². The highest BCUT2D eigenvalue weighted by atomic mass is 19.1. The van der Waals surface area contributed by atoms with E-state index in [1.807, 2.05) is 25.7 Å². The molecule has 2 aromatic rings. The maximum absolute atomic E-state index is 13.0. The van der Waals surface area contributed by atoms with Gasteiger partial charge in [0.2, 0.25) is 5.91 Å². The molecule has 1 aromatic heterocycles. The molecule has 0 saturated heterocycles. The van der Waals surface area contributed by atoms with Crippen LogP contribution in [0.4, 0.5) is 4.39 Å². The molecule has 0 bridgehead atoms. The molecule has 1 amide bonds. The molecule has 0 aliphatic carbocycles. The Morgan fingerprint density at radius 2 is 2.00 bits per heavy atom. The second-order valence-corrected chi connectivity index (χ2v) is 6.10. The Kier molecular flexibility index (Phi) is 5.90. The van der Waals surface area contributed by atoms with Crippen molar-refractivity contribution in [2.45, 2.75) is 40.2 Å². The third-order valence-electron chi connectivity index (χ3n) is 3.47. The maximum atomic E-state index is 13.0. The molecular weight excluding hydrogens is 295 g/mol. The molecule has 4 nitrogen and oxygen atoms in total. The lowest BCUT2D eigenvalue weighted by Crippen LogP contribution is -2.32. The highest BCUT2D eigenvalue weighted by molar-refractivity contribution is 5.76. The van der Waals surface area contributed by atoms with Crippen molar-refractivity contribution < 1.29 is 13.7 Å². The molecule has 0 unspecified atom stereocenters. The zero-order valence-electron chi connectivity index (χ0n) is 13.9. The number of amides is 1. The lowest BCUT2D eigenvalue weighted by molar-refractivity contribution is -0.132. The molecule has 124 valence electrons. The Bertz CT molecular complexity index is 635. The Morgan fingerprint density at radius 3 is 2.61 bits per heavy atom. The highest BCUT2D eigenvalue weighted by Crippen LogP contribution is 2.21. The van der Waals surface area contributed by atoms with Crippen LogP contribution in [0.15, 0.2) is 34.9 Å². The predicted octanol–water partition coefficient (Wildman–Crippen LogP) is 4.27. The molecule has 0 saturated carbocycles. The topological polar surface area (TPSA) is 46.3 Å². The Hall–Kier alpha value is -2.17. The summed E-state index contributed by atoms with van der Waals surface area (Å²) in [6, 6.07) is 7.86. The Labute approximate surface area is 136 Å². The lowest BCUT2D eigenvalue weighted by atomic mass is 10.1. The van der Waals surface area contributed by atoms with E-state index in [1.54, 1.807) is 18.2 Å². The van der Waals surface area contributed by atoms with E-state index in [9.17, 15) is 9.18 Å². The first-order valence-electron chi connectivity index (χ1n) is 7.99. The Morgan fingerprint density at radius 1 is 1.30 bits per heavy atom. The molecule has 0 radical (unpaired) electrons. The van der Waals surface area contributed by atoms with Gasteiger partial charge in [0.15, 0.2) is 5.76 Å². The number of carbonyl (C=O) groups excluding carboxylic acids is 1. The van der Waals surface area contributed by atoms with Crippen molar-refractivity contribution in [1.82, 2.24) is 10.1 Å². The standard InChI is InChI=1S/C18H23FN2O2/c1-4-9-21(18(22)10-13(2)3)12-16-11-17(23-20-16)14-5-7-15(19)8-6-14/h5-8,11,13H,4,9-10,12H2,1-3H3. The zero-order chi connectivity index (χ0) is 16.8. The van der Waals surface area contributed by atoms with Crippen LogP contribution in [0.25, 0.3) is 11.3 Å². The molecule has 23 heavy (non-hydrogen) atoms. The summed E-state index contributed by atoms with van der Waals surface area (Å²) in [4.78, 5) is 14.1. The van der Waals surface area contributed by atoms with E-state index in [1.165, 1.54) is 12.1 Å². The maximum Gasteiger partial charge on any atom is 0.223 e. The van der Waals surface area contributed by atoms with Crippen molar-refractivity contribution in [3.8, 4) is 11.3 Å². The molecule has 5 heteroatoms. The van der Waals surface area contributed by atoms with Crippen molar-refractivity contribution in [1.29, 1.82) is 0 Å². The summed E-state index contributed by atoms with van der Waals surface area (Å²) in [6.45, 7) is 7.24. The minimum Gasteiger partial charge on any atom is -0.356 e. The van der Waals surface area contributed by atoms with Crippen LogP contribution in [0, 0.1) is 11.7 Å². The molecule has 0 aliphatic heterocycles. The third kappa shape index (κ3) is 4.91. The largest absolute Gasteiger partial charge is 0.356 e. The summed E-state index contributed by atoms with van der Waals surface area (Å²) in [7, 11) is 0. The van der Waals surface area contributed by atoms with Crippen LogP contribution in [0.1, 0.15) is 39.3 Å². The summed E-state index contributed by atoms with van der Waals surface area (Å²) in [5.41, 5.74) is 1.47. The molecule has 0 fully saturated rings. The molecule has 2 rings (SSSR count). The minimum absolute atomic E-state index is 0.133. The van der Waals surface area contributed by atoms with Crippen molar-refractivity contribution in [2.75, 3.05) is 6.54 Å². The van der Waals surface area contributed by atoms with Gasteiger partial charge in [0.1, 0.15) is 11.5 Å². The number of nitrogens with zero attached hydrogens (tertiary/aromatic N) is 2. The van der Waals surface area contributed by atoms with E-state index in [0.29, 0.717) is 36.9 Å². The van der Waals surface area contributed by atoms with Gasteiger partial charge in [0, 0.05) is 24.6 Å². The quantitative estimate of drug-likeness (QED) is 0.766. The van der Waals surface area contributed by atoms with Crippen LogP contribution in [-0.4, -0.2) is 22.5 Å². The van der Waals surface area contributed by atoms with Gasteiger partial charge in [-0.05, 0) is 36.6 Å². The second-order valence-electron chi connectivity index (χ2n) is 6.10. The van der Waals surface area contributed by atoms with E-state index in [4.69, 9.17) is 4.52 Å². The van der Waals surface area contributed by atoms with Gasteiger partial charge >= 0.3 is 0 Å². The van der Waals surface area contributed by atoms with Gasteiger partial charge in [0.25, 0.3) is 0 Å². The van der Waals surface area contributed by atoms with E-state index in [-0.39, 0.29) is 11.7 Å². The van der Waals surface area contributed by atoms with Gasteiger partial charge in [-0.25, -0.2) is 4.39 Å². The normalized spacial score (nSPS) is 11.0. The molecule has 1 heterocycles. The fourth-order valence-corrected chi connectivity index (χ4v) is 2.37. The van der Waals surface area contributed by atoms with Gasteiger partial charge in [-0.1, -0.05) is 25.9 Å². The average molecular weight is 318 g/mol. The number of aromatic nitrogens is 1. The van der Waals surface area contributed by atoms with E-state index in [2.05, 4.69) is 5.16 Å². The van der Waals surface area contributed by atoms with Crippen LogP contribution < -0.4 is 0 Å². The first-order chi connectivity index (χ1) is 11.0. The lowest BCUT2D eigenvalue weighted by Gasteiger charge is -2.21. The summed E-state index contributed by atoms with van der Waals surface area (Å²) >= 11 is 0. The number of carbonyl (C=O) groups is 1. The van der Waals surface area contributed by atoms with Crippen LogP contribution in [0.2, 0.25) is 0 Å². The Balaban J connectivity index is 2.09. The minimum atomic E-state index is -0.290. The van der Waals surface area contributed by atoms with Gasteiger partial charge in [0.05, 0.1) is 6.54 Å². The monoisotopic (exact) mass is 318 g/mol. The predicted molar refractivity (Wildman–Crippen MR) is 87.1 cm³/mol. The van der Waals surface area contributed by atoms with Crippen LogP contribution in [0.3, 0.4) is 0 Å². The van der Waals surface area contributed by atoms with Crippen LogP contribution in [0.5, 0.6) is 0 Å². The average Bonchev–Trinajstić information content (AvgIpc) is 2.95. The second kappa shape index (κ2) is 7.90. The van der Waals surface area contributed by atoms with Crippen molar-refractivity contribution in [2.24, 2.45) is 5.92 Å². The highest BCUT2D eigenvalue weighted by Gasteiger charge is 2.17. The van der Waals surface area contributed by atoms with E-state index in [0.717, 1.165) is 12.0 Å². The van der Waals surface area contributed by atoms with Gasteiger partial charge in [-0.3, -0.25) is 4.79 Å². The van der Waals surface area contributed by atoms with Gasteiger partial charge in [-0.15, -0.1) is 0 Å². The van der Waals surface area contributed by atoms with E-state index >= 15 is 0 Å². The van der Waals surface area contributed by atoms with Gasteiger partial charge < -0.3 is 9.42 Å². The van der Waals surface area contributed by atoms with Crippen molar-refractivity contribution in [3.63, 3.8) is 0 Å². The van der Waals surface area contributed by atoms with Crippen molar-refractivity contribution in [3.05, 3.63) is 41.8 Å². The summed E-state index contributed by atoms with van der Waals surface area (Å²) in [6.07, 6.45) is 1.43. The van der Waals surface area contributed by atoms with Crippen LogP contribution >= 0.6 is 0 Å². The molecule has 0 spiro atoms. The molecule has 1 aromatic carbocycles. The fraction of sp³-hybridized carbons (Fsp3) is 0.444. The number of benzene rings is 1. The molecule has 0 atom stereocenters. The summed E-state index contributed by atoms with van der Waals surface area (Å²) in [5.74, 6) is 0.747. The number of rotatable bonds is 7. The molecular formula is C18H23FN2O2. The fourth-order valence-electron chi connectivity index (χ4n) is 2.37. The smallest absolute Gasteiger partial charge is 0.223 e. The number of halogens is 1. The number of hydrogen-bond donors (Lipinski definition) is 0. The van der Waals surface area contributed by atoms with E-state index < -0.39 is 0 Å². The third-order valence-corrected chi connectivity index (χ3v) is 3.47. The first-order valence-corrected chi connectivity index (χ1v) is 7.99. The molecule has 0 N–H and O–H groups in total. The first kappa shape index (κ1) is 17.2. The molecule has 0 aliphatic rings. The number of hydrogen-bond acceptors (Lipinski definition) is 3. The summed E-state index contributed by atoms with van der Waals surface area (Å²) in [5, 5.41) is 4.04. The van der Waals surface area contributed by atoms with Gasteiger partial charge in [-0.2, -0.15) is 0 Å². The summed E-state index contributed by atoms with van der Waals surface area (Å²) < 4.78 is 18.3.